The molecule has 2 atom stereocenters. The van der Waals surface area contributed by atoms with Crippen molar-refractivity contribution in [2.45, 2.75) is 272 Å². The topological polar surface area (TPSA) is 112 Å². The first-order chi connectivity index (χ1) is 36.3. The second kappa shape index (κ2) is 49.8. The number of carbonyl (C=O) groups excluding carboxylic acids is 4. The van der Waals surface area contributed by atoms with Crippen LogP contribution in [0, 0.1) is 23.7 Å². The fourth-order valence-electron chi connectivity index (χ4n) is 10.7. The lowest BCUT2D eigenvalue weighted by Gasteiger charge is -2.32. The van der Waals surface area contributed by atoms with Crippen LogP contribution in [-0.2, 0) is 38.1 Å². The molecule has 2 aliphatic heterocycles. The molecule has 2 heterocycles. The highest BCUT2D eigenvalue weighted by molar-refractivity contribution is 8.76. The van der Waals surface area contributed by atoms with E-state index in [4.69, 9.17) is 18.9 Å². The van der Waals surface area contributed by atoms with Gasteiger partial charge in [0, 0.05) is 37.2 Å². The van der Waals surface area contributed by atoms with E-state index in [0.717, 1.165) is 64.7 Å². The first-order valence-corrected chi connectivity index (χ1v) is 34.1. The van der Waals surface area contributed by atoms with Gasteiger partial charge in [0.05, 0.1) is 26.4 Å². The van der Waals surface area contributed by atoms with Gasteiger partial charge >= 0.3 is 23.9 Å². The summed E-state index contributed by atoms with van der Waals surface area (Å²) in [7, 11) is 4.05. The van der Waals surface area contributed by atoms with E-state index in [0.29, 0.717) is 75.8 Å². The Labute approximate surface area is 463 Å². The van der Waals surface area contributed by atoms with Crippen LogP contribution in [0.2, 0.25) is 0 Å². The SMILES string of the molecule is CCCCCCCCC(CCCCCC)COC(=O)CCCC(=O)OCCC1CCN(CCCSSCCCN2CCC(CCOC(=O)CCCC(=O)OCC(CCCCCC)CCCCCCCC)CC2)CC1. The Morgan fingerprint density at radius 3 is 1.03 bits per heavy atom. The molecule has 0 aromatic rings. The minimum absolute atomic E-state index is 0.173. The molecule has 434 valence electrons. The normalized spacial score (nSPS) is 15.8. The quantitative estimate of drug-likeness (QED) is 0.0250. The van der Waals surface area contributed by atoms with Crippen LogP contribution in [0.3, 0.4) is 0 Å². The Balaban J connectivity index is 1.40. The molecule has 0 saturated carbocycles. The number of likely N-dealkylation sites (tertiary alicyclic amines) is 2. The molecule has 0 aliphatic carbocycles. The van der Waals surface area contributed by atoms with E-state index in [9.17, 15) is 19.2 Å². The number of ether oxygens (including phenoxy) is 4. The summed E-state index contributed by atoms with van der Waals surface area (Å²) in [4.78, 5) is 55.1. The molecule has 2 saturated heterocycles. The summed E-state index contributed by atoms with van der Waals surface area (Å²) < 4.78 is 22.6. The molecule has 0 bridgehead atoms. The fourth-order valence-corrected chi connectivity index (χ4v) is 12.9. The van der Waals surface area contributed by atoms with E-state index in [2.05, 4.69) is 37.5 Å². The Hall–Kier alpha value is -1.50. The lowest BCUT2D eigenvalue weighted by molar-refractivity contribution is -0.148. The van der Waals surface area contributed by atoms with Gasteiger partial charge in [-0.3, -0.25) is 19.2 Å². The van der Waals surface area contributed by atoms with Crippen molar-refractivity contribution in [2.75, 3.05) is 77.2 Å². The zero-order valence-corrected chi connectivity index (χ0v) is 50.3. The van der Waals surface area contributed by atoms with E-state index in [1.807, 2.05) is 21.6 Å². The van der Waals surface area contributed by atoms with E-state index < -0.39 is 0 Å². The molecule has 2 rings (SSSR count). The van der Waals surface area contributed by atoms with Crippen LogP contribution >= 0.6 is 21.6 Å². The van der Waals surface area contributed by atoms with E-state index in [-0.39, 0.29) is 36.7 Å². The fraction of sp³-hybridized carbons (Fsp3) is 0.935. The minimum Gasteiger partial charge on any atom is -0.466 e. The number of hydrogen-bond acceptors (Lipinski definition) is 12. The number of carbonyl (C=O) groups is 4. The number of unbranched alkanes of at least 4 members (excludes halogenated alkanes) is 16. The molecule has 10 nitrogen and oxygen atoms in total. The second-order valence-corrected chi connectivity index (χ2v) is 25.3. The first-order valence-electron chi connectivity index (χ1n) is 31.6. The van der Waals surface area contributed by atoms with Gasteiger partial charge in [-0.15, -0.1) is 0 Å². The van der Waals surface area contributed by atoms with E-state index >= 15 is 0 Å². The smallest absolute Gasteiger partial charge is 0.305 e. The van der Waals surface area contributed by atoms with Crippen LogP contribution < -0.4 is 0 Å². The molecule has 0 aromatic carbocycles. The van der Waals surface area contributed by atoms with E-state index in [1.54, 1.807) is 0 Å². The predicted octanol–water partition coefficient (Wildman–Crippen LogP) is 16.5. The molecular formula is C62H116N2O8S2. The number of piperidine rings is 2. The summed E-state index contributed by atoms with van der Waals surface area (Å²) >= 11 is 0. The van der Waals surface area contributed by atoms with Gasteiger partial charge in [-0.25, -0.2) is 0 Å². The Bertz CT molecular complexity index is 1230. The summed E-state index contributed by atoms with van der Waals surface area (Å²) in [6.07, 6.45) is 41.2. The molecule has 2 aliphatic rings. The van der Waals surface area contributed by atoms with Crippen molar-refractivity contribution in [3.8, 4) is 0 Å². The van der Waals surface area contributed by atoms with Gasteiger partial charge < -0.3 is 28.7 Å². The number of nitrogens with zero attached hydrogens (tertiary/aromatic N) is 2. The third kappa shape index (κ3) is 40.7. The minimum atomic E-state index is -0.189. The molecule has 2 fully saturated rings. The summed E-state index contributed by atoms with van der Waals surface area (Å²) in [5, 5.41) is 0. The van der Waals surface area contributed by atoms with Crippen LogP contribution in [0.1, 0.15) is 272 Å². The molecule has 0 radical (unpaired) electrons. The maximum Gasteiger partial charge on any atom is 0.305 e. The maximum atomic E-state index is 12.5. The zero-order valence-electron chi connectivity index (χ0n) is 48.6. The monoisotopic (exact) mass is 1080 g/mol. The van der Waals surface area contributed by atoms with Crippen LogP contribution in [-0.4, -0.2) is 111 Å². The standard InChI is InChI=1S/C62H116N2O8S2/c1-5-9-13-17-19-23-31-57(29-21-15-11-7-3)53-71-61(67)35-25-33-59(65)69-49-41-55-37-45-63(46-38-55)43-27-51-73-74-52-28-44-64-47-39-56(40-48-64)42-50-70-60(66)34-26-36-62(68)72-54-58(30-22-16-12-8-4)32-24-20-18-14-10-6-2/h55-58H,5-54H2,1-4H3. The lowest BCUT2D eigenvalue weighted by Crippen LogP contribution is -2.35. The molecule has 0 N–H and O–H groups in total. The van der Waals surface area contributed by atoms with Crippen LogP contribution in [0.4, 0.5) is 0 Å². The number of hydrogen-bond donors (Lipinski definition) is 0. The van der Waals surface area contributed by atoms with Crippen LogP contribution in [0.15, 0.2) is 0 Å². The van der Waals surface area contributed by atoms with Gasteiger partial charge in [0.15, 0.2) is 0 Å². The Kier molecular flexibility index (Phi) is 46.1. The third-order valence-electron chi connectivity index (χ3n) is 15.8. The average Bonchev–Trinajstić information content (AvgIpc) is 3.40. The lowest BCUT2D eigenvalue weighted by atomic mass is 9.94. The molecular weight excluding hydrogens is 965 g/mol. The van der Waals surface area contributed by atoms with Crippen molar-refractivity contribution >= 4 is 45.5 Å². The predicted molar refractivity (Wildman–Crippen MR) is 314 cm³/mol. The van der Waals surface area contributed by atoms with Gasteiger partial charge in [0.2, 0.25) is 0 Å². The largest absolute Gasteiger partial charge is 0.466 e. The number of esters is 4. The van der Waals surface area contributed by atoms with Crippen molar-refractivity contribution in [1.29, 1.82) is 0 Å². The average molecular weight is 1080 g/mol. The van der Waals surface area contributed by atoms with Crippen LogP contribution in [0.5, 0.6) is 0 Å². The summed E-state index contributed by atoms with van der Waals surface area (Å²) in [5.74, 6) is 3.82. The second-order valence-electron chi connectivity index (χ2n) is 22.6. The maximum absolute atomic E-state index is 12.5. The molecule has 74 heavy (non-hydrogen) atoms. The molecule has 0 aromatic heterocycles. The molecule has 0 spiro atoms. The molecule has 12 heteroatoms. The van der Waals surface area contributed by atoms with Gasteiger partial charge in [0.1, 0.15) is 0 Å². The van der Waals surface area contributed by atoms with Crippen molar-refractivity contribution < 1.29 is 38.1 Å². The number of rotatable bonds is 51. The molecule has 0 amide bonds. The first kappa shape index (κ1) is 68.6. The third-order valence-corrected chi connectivity index (χ3v) is 18.4. The van der Waals surface area contributed by atoms with Crippen LogP contribution in [0.25, 0.3) is 0 Å². The summed E-state index contributed by atoms with van der Waals surface area (Å²) in [6, 6.07) is 0. The highest BCUT2D eigenvalue weighted by Crippen LogP contribution is 2.27. The van der Waals surface area contributed by atoms with Crippen molar-refractivity contribution in [3.05, 3.63) is 0 Å². The summed E-state index contributed by atoms with van der Waals surface area (Å²) in [5.41, 5.74) is 0. The van der Waals surface area contributed by atoms with Gasteiger partial charge in [-0.05, 0) is 153 Å². The van der Waals surface area contributed by atoms with Gasteiger partial charge in [-0.2, -0.15) is 0 Å². The van der Waals surface area contributed by atoms with Crippen molar-refractivity contribution in [2.24, 2.45) is 23.7 Å². The van der Waals surface area contributed by atoms with Gasteiger partial charge in [-0.1, -0.05) is 178 Å². The zero-order chi connectivity index (χ0) is 53.4. The van der Waals surface area contributed by atoms with Crippen molar-refractivity contribution in [3.63, 3.8) is 0 Å². The Morgan fingerprint density at radius 1 is 0.392 bits per heavy atom. The van der Waals surface area contributed by atoms with E-state index in [1.165, 1.54) is 192 Å². The molecule has 2 unspecified atom stereocenters. The van der Waals surface area contributed by atoms with Gasteiger partial charge in [0.25, 0.3) is 0 Å². The van der Waals surface area contributed by atoms with Crippen molar-refractivity contribution in [1.82, 2.24) is 9.80 Å². The highest BCUT2D eigenvalue weighted by atomic mass is 33.1. The highest BCUT2D eigenvalue weighted by Gasteiger charge is 2.22. The summed E-state index contributed by atoms with van der Waals surface area (Å²) in [6.45, 7) is 17.9. The Morgan fingerprint density at radius 2 is 0.689 bits per heavy atom.